The molecule has 0 aromatic heterocycles. The van der Waals surface area contributed by atoms with Crippen LogP contribution in [-0.2, 0) is 32.7 Å². The van der Waals surface area contributed by atoms with Crippen molar-refractivity contribution in [2.75, 3.05) is 26.4 Å². The van der Waals surface area contributed by atoms with Gasteiger partial charge in [0.05, 0.1) is 25.4 Å². The second kappa shape index (κ2) is 42.7. The maximum Gasteiger partial charge on any atom is 0.472 e. The number of phosphoric acid groups is 1. The van der Waals surface area contributed by atoms with Gasteiger partial charge < -0.3 is 30.3 Å². The number of ether oxygens (including phenoxy) is 2. The summed E-state index contributed by atoms with van der Waals surface area (Å²) in [6.45, 7) is 3.18. The van der Waals surface area contributed by atoms with Crippen molar-refractivity contribution in [2.24, 2.45) is 5.73 Å². The molecule has 0 spiro atoms. The van der Waals surface area contributed by atoms with Crippen LogP contribution in [0.15, 0.2) is 134 Å². The summed E-state index contributed by atoms with van der Waals surface area (Å²) in [5, 5.41) is 19.9. The summed E-state index contributed by atoms with van der Waals surface area (Å²) in [5.74, 6) is -1.11. The molecule has 4 atom stereocenters. The molecule has 5 N–H and O–H groups in total. The van der Waals surface area contributed by atoms with Gasteiger partial charge in [-0.05, 0) is 77.0 Å². The fraction of sp³-hybridized carbons (Fsp3) is 0.510. The molecule has 342 valence electrons. The average molecular weight is 870 g/mol. The second-order valence-electron chi connectivity index (χ2n) is 13.9. The van der Waals surface area contributed by atoms with E-state index in [0.29, 0.717) is 32.1 Å². The lowest BCUT2D eigenvalue weighted by molar-refractivity contribution is -0.161. The number of carbonyl (C=O) groups excluding carboxylic acids is 2. The van der Waals surface area contributed by atoms with E-state index >= 15 is 0 Å². The number of hydrogen-bond acceptors (Lipinski definition) is 10. The number of rotatable bonds is 38. The first-order valence-corrected chi connectivity index (χ1v) is 23.4. The Hall–Kier alpha value is -3.93. The lowest BCUT2D eigenvalue weighted by Crippen LogP contribution is -2.29. The van der Waals surface area contributed by atoms with Gasteiger partial charge >= 0.3 is 19.8 Å². The fourth-order valence-electron chi connectivity index (χ4n) is 4.93. The first kappa shape index (κ1) is 57.1. The van der Waals surface area contributed by atoms with Crippen molar-refractivity contribution >= 4 is 19.8 Å². The molecule has 0 heterocycles. The Morgan fingerprint density at radius 2 is 1.07 bits per heavy atom. The van der Waals surface area contributed by atoms with Gasteiger partial charge in [-0.25, -0.2) is 4.57 Å². The van der Waals surface area contributed by atoms with Crippen LogP contribution in [-0.4, -0.2) is 71.7 Å². The number of carbonyl (C=O) groups is 2. The van der Waals surface area contributed by atoms with Crippen molar-refractivity contribution in [3.8, 4) is 0 Å². The zero-order valence-electron chi connectivity index (χ0n) is 36.8. The summed E-state index contributed by atoms with van der Waals surface area (Å²) in [6, 6.07) is 0. The highest BCUT2D eigenvalue weighted by Gasteiger charge is 2.25. The van der Waals surface area contributed by atoms with Crippen LogP contribution in [0.5, 0.6) is 0 Å². The Morgan fingerprint density at radius 1 is 0.590 bits per heavy atom. The molecule has 0 saturated carbocycles. The molecule has 1 unspecified atom stereocenters. The molecule has 0 aliphatic rings. The fourth-order valence-corrected chi connectivity index (χ4v) is 5.70. The summed E-state index contributed by atoms with van der Waals surface area (Å²) in [7, 11) is -4.45. The predicted molar refractivity (Wildman–Crippen MR) is 249 cm³/mol. The Labute approximate surface area is 367 Å². The molecule has 0 rings (SSSR count). The van der Waals surface area contributed by atoms with Crippen LogP contribution in [0.2, 0.25) is 0 Å². The quantitative estimate of drug-likeness (QED) is 0.0153. The summed E-state index contributed by atoms with van der Waals surface area (Å²) < 4.78 is 32.5. The molecule has 0 fully saturated rings. The van der Waals surface area contributed by atoms with Crippen molar-refractivity contribution in [1.82, 2.24) is 0 Å². The highest BCUT2D eigenvalue weighted by atomic mass is 31.2. The molecule has 0 aromatic rings. The molecule has 11 nitrogen and oxygen atoms in total. The third-order valence-electron chi connectivity index (χ3n) is 8.21. The molecule has 0 bridgehead atoms. The number of phosphoric ester groups is 1. The van der Waals surface area contributed by atoms with Gasteiger partial charge in [-0.15, -0.1) is 0 Å². The average Bonchev–Trinajstić information content (AvgIpc) is 3.24. The van der Waals surface area contributed by atoms with Gasteiger partial charge in [0.25, 0.3) is 0 Å². The molecular formula is C49H76NO10P. The lowest BCUT2D eigenvalue weighted by atomic mass is 10.2. The summed E-state index contributed by atoms with van der Waals surface area (Å²) in [4.78, 5) is 34.8. The highest BCUT2D eigenvalue weighted by Crippen LogP contribution is 2.43. The molecular weight excluding hydrogens is 794 g/mol. The van der Waals surface area contributed by atoms with E-state index < -0.39 is 44.7 Å². The van der Waals surface area contributed by atoms with Crippen LogP contribution < -0.4 is 5.73 Å². The largest absolute Gasteiger partial charge is 0.472 e. The summed E-state index contributed by atoms with van der Waals surface area (Å²) in [5.41, 5.74) is 5.33. The number of aliphatic hydroxyl groups excluding tert-OH is 2. The molecule has 0 aliphatic carbocycles. The van der Waals surface area contributed by atoms with Gasteiger partial charge in [-0.3, -0.25) is 18.6 Å². The standard InChI is InChI=1S/C49H76NO10P/c1-3-5-7-8-9-10-11-12-13-14-15-16-17-18-19-20-21-26-34-40-49(54)60-47(44-59-61(55,56)58-42-41-50)43-57-48(53)39-33-25-23-22-24-30-36-46(52)38-32-28-27-31-37-45(51)35-29-6-4-2/h6,9-10,12-13,15-16,18-19,21,23-32,37-38,45-47,51-52H,3-5,7-8,11,14,17,20,22,33-36,39-44,50H2,1-2H3,(H,55,56)/b10-9-,13-12-,16-15-,19-18-,25-23-,26-21-,28-27-,29-6-,30-24-,37-31+,38-32+/t45-,46+,47-/m1/s1. The van der Waals surface area contributed by atoms with Crippen molar-refractivity contribution in [2.45, 2.75) is 135 Å². The Bertz CT molecular complexity index is 1490. The van der Waals surface area contributed by atoms with Crippen molar-refractivity contribution in [1.29, 1.82) is 0 Å². The summed E-state index contributed by atoms with van der Waals surface area (Å²) in [6.07, 6.45) is 52.9. The van der Waals surface area contributed by atoms with Crippen molar-refractivity contribution in [3.05, 3.63) is 134 Å². The van der Waals surface area contributed by atoms with E-state index in [0.717, 1.165) is 38.5 Å². The monoisotopic (exact) mass is 870 g/mol. The maximum atomic E-state index is 12.6. The third-order valence-corrected chi connectivity index (χ3v) is 9.20. The number of nitrogens with two attached hydrogens (primary N) is 1. The van der Waals surface area contributed by atoms with Crippen LogP contribution >= 0.6 is 7.82 Å². The van der Waals surface area contributed by atoms with E-state index in [-0.39, 0.29) is 32.6 Å². The first-order chi connectivity index (χ1) is 29.6. The Kier molecular flexibility index (Phi) is 40.0. The number of esters is 2. The molecule has 0 aromatic carbocycles. The smallest absolute Gasteiger partial charge is 0.462 e. The van der Waals surface area contributed by atoms with Crippen LogP contribution in [0.4, 0.5) is 0 Å². The number of aliphatic hydroxyl groups is 2. The number of unbranched alkanes of at least 4 members (excludes halogenated alkanes) is 3. The molecule has 0 radical (unpaired) electrons. The van der Waals surface area contributed by atoms with E-state index in [4.69, 9.17) is 24.3 Å². The van der Waals surface area contributed by atoms with E-state index in [1.54, 1.807) is 36.5 Å². The van der Waals surface area contributed by atoms with Crippen LogP contribution in [0, 0.1) is 0 Å². The minimum atomic E-state index is -4.45. The molecule has 0 saturated heterocycles. The molecule has 61 heavy (non-hydrogen) atoms. The van der Waals surface area contributed by atoms with Gasteiger partial charge in [0.15, 0.2) is 6.10 Å². The van der Waals surface area contributed by atoms with Gasteiger partial charge in [-0.1, -0.05) is 160 Å². The van der Waals surface area contributed by atoms with Crippen molar-refractivity contribution in [3.63, 3.8) is 0 Å². The predicted octanol–water partition coefficient (Wildman–Crippen LogP) is 10.7. The van der Waals surface area contributed by atoms with Gasteiger partial charge in [0.2, 0.25) is 0 Å². The Balaban J connectivity index is 4.54. The Morgan fingerprint density at radius 3 is 1.57 bits per heavy atom. The maximum absolute atomic E-state index is 12.6. The number of allylic oxidation sites excluding steroid dienone is 18. The zero-order chi connectivity index (χ0) is 44.9. The van der Waals surface area contributed by atoms with Crippen molar-refractivity contribution < 1.29 is 47.8 Å². The SMILES string of the molecule is CC/C=C\C[C@@H](O)/C=C/C=C\C=C\[C@@H](O)C/C=C\C/C=C\CCC(=O)OC[C@H](COP(=O)(O)OCCN)OC(=O)CC/C=C\C/C=C\C/C=C\C/C=C\C/C=C\CCCCC. The van der Waals surface area contributed by atoms with Crippen LogP contribution in [0.3, 0.4) is 0 Å². The molecule has 12 heteroatoms. The topological polar surface area (TPSA) is 175 Å². The lowest BCUT2D eigenvalue weighted by Gasteiger charge is -2.19. The van der Waals surface area contributed by atoms with Gasteiger partial charge in [-0.2, -0.15) is 0 Å². The van der Waals surface area contributed by atoms with Gasteiger partial charge in [0, 0.05) is 19.4 Å². The minimum Gasteiger partial charge on any atom is -0.462 e. The van der Waals surface area contributed by atoms with Crippen LogP contribution in [0.25, 0.3) is 0 Å². The first-order valence-electron chi connectivity index (χ1n) is 21.9. The second-order valence-corrected chi connectivity index (χ2v) is 15.3. The normalized spacial score (nSPS) is 15.6. The van der Waals surface area contributed by atoms with Crippen LogP contribution in [0.1, 0.15) is 117 Å². The minimum absolute atomic E-state index is 0.00785. The number of hydrogen-bond donors (Lipinski definition) is 4. The van der Waals surface area contributed by atoms with E-state index in [1.165, 1.54) is 19.3 Å². The van der Waals surface area contributed by atoms with E-state index in [1.807, 2.05) is 55.5 Å². The molecule has 0 amide bonds. The molecule has 0 aliphatic heterocycles. The third kappa shape index (κ3) is 42.5. The highest BCUT2D eigenvalue weighted by molar-refractivity contribution is 7.47. The van der Waals surface area contributed by atoms with Gasteiger partial charge in [0.1, 0.15) is 6.61 Å². The van der Waals surface area contributed by atoms with E-state index in [2.05, 4.69) is 55.5 Å². The summed E-state index contributed by atoms with van der Waals surface area (Å²) >= 11 is 0. The van der Waals surface area contributed by atoms with E-state index in [9.17, 15) is 29.3 Å². The zero-order valence-corrected chi connectivity index (χ0v) is 37.7.